The van der Waals surface area contributed by atoms with Gasteiger partial charge < -0.3 is 10.1 Å². The molecule has 1 aliphatic rings. The van der Waals surface area contributed by atoms with E-state index in [0.717, 1.165) is 12.0 Å². The first kappa shape index (κ1) is 11.7. The zero-order chi connectivity index (χ0) is 12.3. The molecule has 1 heterocycles. The fourth-order valence-electron chi connectivity index (χ4n) is 1.86. The van der Waals surface area contributed by atoms with Crippen molar-refractivity contribution in [1.29, 1.82) is 0 Å². The molecular formula is C14H17NO2. The lowest BCUT2D eigenvalue weighted by atomic mass is 10.1. The lowest BCUT2D eigenvalue weighted by Gasteiger charge is -2.11. The van der Waals surface area contributed by atoms with Gasteiger partial charge in [-0.1, -0.05) is 36.4 Å². The molecule has 1 aliphatic heterocycles. The van der Waals surface area contributed by atoms with Crippen LogP contribution in [0.3, 0.4) is 0 Å². The van der Waals surface area contributed by atoms with Crippen molar-refractivity contribution in [3.8, 4) is 0 Å². The normalized spacial score (nSPS) is 18.9. The first-order valence-electron chi connectivity index (χ1n) is 5.81. The molecule has 0 aliphatic carbocycles. The van der Waals surface area contributed by atoms with Crippen molar-refractivity contribution in [2.75, 3.05) is 6.61 Å². The van der Waals surface area contributed by atoms with Crippen LogP contribution in [-0.2, 0) is 16.0 Å². The Morgan fingerprint density at radius 3 is 2.76 bits per heavy atom. The molecule has 0 aromatic heterocycles. The third-order valence-corrected chi connectivity index (χ3v) is 2.90. The first-order valence-corrected chi connectivity index (χ1v) is 5.81. The van der Waals surface area contributed by atoms with Crippen LogP contribution in [0.2, 0.25) is 0 Å². The van der Waals surface area contributed by atoms with Crippen LogP contribution in [0.4, 0.5) is 0 Å². The highest BCUT2D eigenvalue weighted by Gasteiger charge is 2.22. The molecule has 0 spiro atoms. The highest BCUT2D eigenvalue weighted by molar-refractivity contribution is 5.79. The molecule has 1 unspecified atom stereocenters. The number of amides is 1. The summed E-state index contributed by atoms with van der Waals surface area (Å²) in [5.41, 5.74) is 2.23. The minimum Gasteiger partial charge on any atom is -0.496 e. The smallest absolute Gasteiger partial charge is 0.225 e. The van der Waals surface area contributed by atoms with Crippen LogP contribution < -0.4 is 5.32 Å². The van der Waals surface area contributed by atoms with Gasteiger partial charge in [0.25, 0.3) is 0 Å². The van der Waals surface area contributed by atoms with E-state index in [2.05, 4.69) is 11.9 Å². The van der Waals surface area contributed by atoms with Crippen molar-refractivity contribution in [2.45, 2.75) is 25.8 Å². The zero-order valence-corrected chi connectivity index (χ0v) is 10.0. The summed E-state index contributed by atoms with van der Waals surface area (Å²) in [5, 5.41) is 2.93. The van der Waals surface area contributed by atoms with Crippen molar-refractivity contribution in [3.05, 3.63) is 47.7 Å². The number of carbonyl (C=O) groups is 1. The van der Waals surface area contributed by atoms with Gasteiger partial charge in [0, 0.05) is 6.42 Å². The highest BCUT2D eigenvalue weighted by Crippen LogP contribution is 2.15. The minimum absolute atomic E-state index is 0.0190. The second kappa shape index (κ2) is 5.04. The Bertz CT molecular complexity index is 422. The Morgan fingerprint density at radius 1 is 1.47 bits per heavy atom. The van der Waals surface area contributed by atoms with Crippen molar-refractivity contribution in [3.63, 3.8) is 0 Å². The Labute approximate surface area is 101 Å². The fraction of sp³-hybridized carbons (Fsp3) is 0.357. The third kappa shape index (κ3) is 3.09. The van der Waals surface area contributed by atoms with Gasteiger partial charge in [-0.25, -0.2) is 0 Å². The molecule has 0 bridgehead atoms. The number of nitrogens with one attached hydrogen (secondary N) is 1. The summed E-state index contributed by atoms with van der Waals surface area (Å²) in [7, 11) is 0. The minimum atomic E-state index is -0.0204. The molecule has 90 valence electrons. The standard InChI is InChI=1S/C14H17NO2/c1-10-3-5-12(6-4-10)9-14(16)15-13-7-8-17-11(13)2/h3-6,13H,2,7-9H2,1H3,(H,15,16). The third-order valence-electron chi connectivity index (χ3n) is 2.90. The molecular weight excluding hydrogens is 214 g/mol. The molecule has 2 rings (SSSR count). The van der Waals surface area contributed by atoms with Gasteiger partial charge in [-0.05, 0) is 12.5 Å². The molecule has 1 N–H and O–H groups in total. The summed E-state index contributed by atoms with van der Waals surface area (Å²) in [6.45, 7) is 6.45. The van der Waals surface area contributed by atoms with Crippen molar-refractivity contribution < 1.29 is 9.53 Å². The predicted octanol–water partition coefficient (Wildman–Crippen LogP) is 1.96. The van der Waals surface area contributed by atoms with Gasteiger partial charge in [0.15, 0.2) is 0 Å². The van der Waals surface area contributed by atoms with E-state index in [9.17, 15) is 4.79 Å². The van der Waals surface area contributed by atoms with E-state index >= 15 is 0 Å². The Morgan fingerprint density at radius 2 is 2.18 bits per heavy atom. The van der Waals surface area contributed by atoms with Crippen LogP contribution in [0, 0.1) is 6.92 Å². The summed E-state index contributed by atoms with van der Waals surface area (Å²) in [4.78, 5) is 11.8. The molecule has 17 heavy (non-hydrogen) atoms. The van der Waals surface area contributed by atoms with Crippen LogP contribution in [0.1, 0.15) is 17.5 Å². The number of hydrogen-bond acceptors (Lipinski definition) is 2. The van der Waals surface area contributed by atoms with Gasteiger partial charge in [-0.15, -0.1) is 0 Å². The second-order valence-electron chi connectivity index (χ2n) is 4.39. The number of carbonyl (C=O) groups excluding carboxylic acids is 1. The monoisotopic (exact) mass is 231 g/mol. The largest absolute Gasteiger partial charge is 0.496 e. The maximum absolute atomic E-state index is 11.8. The SMILES string of the molecule is C=C1OCCC1NC(=O)Cc1ccc(C)cc1. The van der Waals surface area contributed by atoms with Crippen LogP contribution in [0.25, 0.3) is 0 Å². The molecule has 3 nitrogen and oxygen atoms in total. The van der Waals surface area contributed by atoms with Crippen molar-refractivity contribution in [1.82, 2.24) is 5.32 Å². The topological polar surface area (TPSA) is 38.3 Å². The lowest BCUT2D eigenvalue weighted by Crippen LogP contribution is -2.34. The average molecular weight is 231 g/mol. The quantitative estimate of drug-likeness (QED) is 0.863. The van der Waals surface area contributed by atoms with E-state index < -0.39 is 0 Å². The zero-order valence-electron chi connectivity index (χ0n) is 10.0. The van der Waals surface area contributed by atoms with E-state index in [1.807, 2.05) is 31.2 Å². The maximum atomic E-state index is 11.8. The summed E-state index contributed by atoms with van der Waals surface area (Å²) in [6.07, 6.45) is 1.22. The molecule has 0 saturated carbocycles. The lowest BCUT2D eigenvalue weighted by molar-refractivity contribution is -0.120. The number of hydrogen-bond donors (Lipinski definition) is 1. The molecule has 1 saturated heterocycles. The molecule has 1 fully saturated rings. The van der Waals surface area contributed by atoms with E-state index in [1.165, 1.54) is 5.56 Å². The number of aryl methyl sites for hydroxylation is 1. The van der Waals surface area contributed by atoms with E-state index in [0.29, 0.717) is 18.8 Å². The van der Waals surface area contributed by atoms with Gasteiger partial charge in [0.2, 0.25) is 5.91 Å². The van der Waals surface area contributed by atoms with Crippen LogP contribution >= 0.6 is 0 Å². The van der Waals surface area contributed by atoms with Crippen molar-refractivity contribution in [2.24, 2.45) is 0 Å². The number of ether oxygens (including phenoxy) is 1. The Kier molecular flexibility index (Phi) is 3.47. The summed E-state index contributed by atoms with van der Waals surface area (Å²) in [5.74, 6) is 0.688. The van der Waals surface area contributed by atoms with Crippen molar-refractivity contribution >= 4 is 5.91 Å². The molecule has 1 atom stereocenters. The predicted molar refractivity (Wildman–Crippen MR) is 66.5 cm³/mol. The Balaban J connectivity index is 1.88. The highest BCUT2D eigenvalue weighted by atomic mass is 16.5. The second-order valence-corrected chi connectivity index (χ2v) is 4.39. The van der Waals surface area contributed by atoms with Crippen LogP contribution in [0.15, 0.2) is 36.6 Å². The summed E-state index contributed by atoms with van der Waals surface area (Å²) >= 11 is 0. The van der Waals surface area contributed by atoms with Gasteiger partial charge in [0.1, 0.15) is 5.76 Å². The van der Waals surface area contributed by atoms with Crippen LogP contribution in [-0.4, -0.2) is 18.6 Å². The van der Waals surface area contributed by atoms with E-state index in [-0.39, 0.29) is 11.9 Å². The van der Waals surface area contributed by atoms with Gasteiger partial charge >= 0.3 is 0 Å². The maximum Gasteiger partial charge on any atom is 0.225 e. The van der Waals surface area contributed by atoms with E-state index in [1.54, 1.807) is 0 Å². The fourth-order valence-corrected chi connectivity index (χ4v) is 1.86. The van der Waals surface area contributed by atoms with E-state index in [4.69, 9.17) is 4.74 Å². The molecule has 0 radical (unpaired) electrons. The number of rotatable bonds is 3. The Hall–Kier alpha value is -1.77. The van der Waals surface area contributed by atoms with Gasteiger partial charge in [-0.3, -0.25) is 4.79 Å². The molecule has 1 amide bonds. The molecule has 1 aromatic rings. The summed E-state index contributed by atoms with van der Waals surface area (Å²) < 4.78 is 5.22. The van der Waals surface area contributed by atoms with Gasteiger partial charge in [0.05, 0.1) is 19.1 Å². The van der Waals surface area contributed by atoms with Crippen LogP contribution in [0.5, 0.6) is 0 Å². The molecule has 1 aromatic carbocycles. The first-order chi connectivity index (χ1) is 8.15. The number of benzene rings is 1. The summed E-state index contributed by atoms with van der Waals surface area (Å²) in [6, 6.07) is 7.97. The average Bonchev–Trinajstić information content (AvgIpc) is 2.68. The molecule has 3 heteroatoms. The van der Waals surface area contributed by atoms with Gasteiger partial charge in [-0.2, -0.15) is 0 Å².